The normalized spacial score (nSPS) is 25.0. The highest BCUT2D eigenvalue weighted by atomic mass is 19.1. The summed E-state index contributed by atoms with van der Waals surface area (Å²) in [6, 6.07) is 7.65. The van der Waals surface area contributed by atoms with Crippen LogP contribution in [-0.2, 0) is 14.9 Å². The van der Waals surface area contributed by atoms with E-state index in [9.17, 15) is 13.6 Å². The Morgan fingerprint density at radius 1 is 1.33 bits per heavy atom. The first-order valence-electron chi connectivity index (χ1n) is 11.3. The van der Waals surface area contributed by atoms with Crippen molar-refractivity contribution in [3.8, 4) is 17.3 Å². The highest BCUT2D eigenvalue weighted by Crippen LogP contribution is 2.64. The average Bonchev–Trinajstić information content (AvgIpc) is 3.45. The number of nitriles is 1. The first kappa shape index (κ1) is 23.2. The number of carbonyl (C=O) groups excluding carboxylic acids is 1. The number of nitrogens with zero attached hydrogens (tertiary/aromatic N) is 4. The summed E-state index contributed by atoms with van der Waals surface area (Å²) in [6.07, 6.45) is 1.80. The maximum Gasteiger partial charge on any atom is 0.248 e. The third-order valence-electron chi connectivity index (χ3n) is 7.38. The second kappa shape index (κ2) is 9.14. The van der Waals surface area contributed by atoms with Crippen molar-refractivity contribution in [2.45, 2.75) is 44.4 Å². The van der Waals surface area contributed by atoms with Crippen molar-refractivity contribution in [1.29, 1.82) is 5.26 Å². The zero-order valence-corrected chi connectivity index (χ0v) is 19.1. The van der Waals surface area contributed by atoms with Gasteiger partial charge in [-0.15, -0.1) is 0 Å². The molecule has 1 fully saturated rings. The first-order chi connectivity index (χ1) is 15.9. The molecule has 1 aromatic carbocycles. The number of rotatable bonds is 8. The molecule has 4 unspecified atom stereocenters. The van der Waals surface area contributed by atoms with Crippen LogP contribution in [0.15, 0.2) is 24.3 Å². The van der Waals surface area contributed by atoms with E-state index in [2.05, 4.69) is 30.1 Å². The minimum Gasteiger partial charge on any atom is -0.375 e. The van der Waals surface area contributed by atoms with Crippen molar-refractivity contribution in [3.63, 3.8) is 0 Å². The number of halogens is 2. The molecule has 1 saturated carbocycles. The van der Waals surface area contributed by atoms with Gasteiger partial charge in [0, 0.05) is 25.6 Å². The molecule has 2 aliphatic carbocycles. The monoisotopic (exact) mass is 454 g/mol. The predicted molar refractivity (Wildman–Crippen MR) is 118 cm³/mol. The minimum absolute atomic E-state index is 0.0578. The Balaban J connectivity index is 1.77. The fraction of sp³-hybridized carbons (Fsp3) is 0.520. The second-order valence-electron chi connectivity index (χ2n) is 9.17. The van der Waals surface area contributed by atoms with Crippen molar-refractivity contribution in [2.24, 2.45) is 11.8 Å². The predicted octanol–water partition coefficient (Wildman–Crippen LogP) is 4.21. The van der Waals surface area contributed by atoms with Crippen LogP contribution < -0.4 is 0 Å². The Morgan fingerprint density at radius 3 is 2.70 bits per heavy atom. The summed E-state index contributed by atoms with van der Waals surface area (Å²) in [7, 11) is 1.47. The zero-order chi connectivity index (χ0) is 23.8. The van der Waals surface area contributed by atoms with E-state index in [1.165, 1.54) is 25.3 Å². The third-order valence-corrected chi connectivity index (χ3v) is 7.38. The van der Waals surface area contributed by atoms with Crippen LogP contribution in [0.25, 0.3) is 11.3 Å². The molecule has 8 heteroatoms. The largest absolute Gasteiger partial charge is 0.375 e. The summed E-state index contributed by atoms with van der Waals surface area (Å²) in [6.45, 7) is 4.90. The summed E-state index contributed by atoms with van der Waals surface area (Å²) in [5, 5.41) is 17.9. The molecule has 2 aromatic rings. The summed E-state index contributed by atoms with van der Waals surface area (Å²) < 4.78 is 33.9. The van der Waals surface area contributed by atoms with E-state index in [0.717, 1.165) is 24.1 Å². The molecule has 33 heavy (non-hydrogen) atoms. The molecule has 0 bridgehead atoms. The molecule has 0 N–H and O–H groups in total. The lowest BCUT2D eigenvalue weighted by molar-refractivity contribution is -0.136. The SMILES string of the molecule is CCC1(CN(CCC#N)C(=O)COC)CC2C(C)C2c2cc(-c3c(F)cccc3F)nnc21. The first-order valence-corrected chi connectivity index (χ1v) is 11.3. The number of ether oxygens (including phenoxy) is 1. The number of carbonyl (C=O) groups is 1. The van der Waals surface area contributed by atoms with Gasteiger partial charge in [-0.3, -0.25) is 4.79 Å². The molecule has 2 aliphatic rings. The molecule has 4 atom stereocenters. The highest BCUT2D eigenvalue weighted by Gasteiger charge is 2.58. The van der Waals surface area contributed by atoms with E-state index < -0.39 is 17.0 Å². The number of hydrogen-bond donors (Lipinski definition) is 0. The Morgan fingerprint density at radius 2 is 2.06 bits per heavy atom. The van der Waals surface area contributed by atoms with Gasteiger partial charge in [-0.05, 0) is 54.4 Å². The van der Waals surface area contributed by atoms with Crippen molar-refractivity contribution in [3.05, 3.63) is 47.2 Å². The van der Waals surface area contributed by atoms with E-state index in [1.54, 1.807) is 11.0 Å². The van der Waals surface area contributed by atoms with Crippen molar-refractivity contribution < 1.29 is 18.3 Å². The minimum atomic E-state index is -0.671. The lowest BCUT2D eigenvalue weighted by Crippen LogP contribution is -2.47. The number of benzene rings is 1. The van der Waals surface area contributed by atoms with Crippen LogP contribution in [0.1, 0.15) is 50.3 Å². The quantitative estimate of drug-likeness (QED) is 0.597. The Kier molecular flexibility index (Phi) is 6.44. The maximum atomic E-state index is 14.4. The summed E-state index contributed by atoms with van der Waals surface area (Å²) >= 11 is 0. The van der Waals surface area contributed by atoms with E-state index in [1.807, 2.05) is 0 Å². The van der Waals surface area contributed by atoms with Gasteiger partial charge in [-0.2, -0.15) is 15.5 Å². The van der Waals surface area contributed by atoms with Crippen LogP contribution >= 0.6 is 0 Å². The van der Waals surface area contributed by atoms with Crippen molar-refractivity contribution in [2.75, 3.05) is 26.8 Å². The standard InChI is InChI=1S/C25H28F2N4O2/c1-4-25(14-31(10-6-9-28)21(32)13-33-3)12-17-15(2)22(17)16-11-20(29-30-24(16)25)23-18(26)7-5-8-19(23)27/h5,7-8,11,15,17,22H,4,6,10,12-14H2,1-3H3. The molecule has 1 amide bonds. The molecule has 6 nitrogen and oxygen atoms in total. The average molecular weight is 455 g/mol. The zero-order valence-electron chi connectivity index (χ0n) is 19.1. The van der Waals surface area contributed by atoms with Crippen LogP contribution in [0.5, 0.6) is 0 Å². The third kappa shape index (κ3) is 4.10. The van der Waals surface area contributed by atoms with Gasteiger partial charge in [-0.1, -0.05) is 19.9 Å². The van der Waals surface area contributed by atoms with Crippen LogP contribution in [0, 0.1) is 34.8 Å². The van der Waals surface area contributed by atoms with E-state index in [0.29, 0.717) is 24.9 Å². The van der Waals surface area contributed by atoms with Crippen LogP contribution in [-0.4, -0.2) is 47.8 Å². The number of fused-ring (bicyclic) bond motifs is 3. The van der Waals surface area contributed by atoms with E-state index in [4.69, 9.17) is 10.00 Å². The lowest BCUT2D eigenvalue weighted by atomic mass is 9.70. The number of aromatic nitrogens is 2. The lowest BCUT2D eigenvalue weighted by Gasteiger charge is -2.40. The van der Waals surface area contributed by atoms with E-state index >= 15 is 0 Å². The molecular formula is C25H28F2N4O2. The topological polar surface area (TPSA) is 79.1 Å². The molecule has 0 saturated heterocycles. The Labute approximate surface area is 192 Å². The fourth-order valence-corrected chi connectivity index (χ4v) is 5.48. The van der Waals surface area contributed by atoms with Gasteiger partial charge in [-0.25, -0.2) is 8.78 Å². The second-order valence-corrected chi connectivity index (χ2v) is 9.17. The van der Waals surface area contributed by atoms with Crippen LogP contribution in [0.4, 0.5) is 8.78 Å². The molecular weight excluding hydrogens is 426 g/mol. The van der Waals surface area contributed by atoms with Gasteiger partial charge in [0.25, 0.3) is 0 Å². The number of amides is 1. The molecule has 1 heterocycles. The van der Waals surface area contributed by atoms with Gasteiger partial charge in [0.05, 0.1) is 29.4 Å². The summed E-state index contributed by atoms with van der Waals surface area (Å²) in [5.41, 5.74) is 1.33. The van der Waals surface area contributed by atoms with Crippen molar-refractivity contribution in [1.82, 2.24) is 15.1 Å². The number of hydrogen-bond acceptors (Lipinski definition) is 5. The Bertz CT molecular complexity index is 1080. The Hall–Kier alpha value is -2.92. The van der Waals surface area contributed by atoms with Crippen molar-refractivity contribution >= 4 is 5.91 Å². The number of methoxy groups -OCH3 is 1. The van der Waals surface area contributed by atoms with Gasteiger partial charge in [0.2, 0.25) is 5.91 Å². The summed E-state index contributed by atoms with van der Waals surface area (Å²) in [5.74, 6) is -0.417. The molecule has 0 radical (unpaired) electrons. The van der Waals surface area contributed by atoms with Gasteiger partial charge < -0.3 is 9.64 Å². The smallest absolute Gasteiger partial charge is 0.248 e. The molecule has 0 aliphatic heterocycles. The van der Waals surface area contributed by atoms with Gasteiger partial charge >= 0.3 is 0 Å². The van der Waals surface area contributed by atoms with Crippen LogP contribution in [0.3, 0.4) is 0 Å². The summed E-state index contributed by atoms with van der Waals surface area (Å²) in [4.78, 5) is 14.4. The molecule has 1 aromatic heterocycles. The highest BCUT2D eigenvalue weighted by molar-refractivity contribution is 5.77. The van der Waals surface area contributed by atoms with Gasteiger partial charge in [0.1, 0.15) is 18.2 Å². The maximum absolute atomic E-state index is 14.4. The molecule has 174 valence electrons. The molecule has 0 spiro atoms. The van der Waals surface area contributed by atoms with Gasteiger partial charge in [0.15, 0.2) is 0 Å². The fourth-order valence-electron chi connectivity index (χ4n) is 5.48. The molecule has 4 rings (SSSR count). The van der Waals surface area contributed by atoms with Crippen LogP contribution in [0.2, 0.25) is 0 Å². The van der Waals surface area contributed by atoms with E-state index in [-0.39, 0.29) is 36.1 Å².